The van der Waals surface area contributed by atoms with E-state index >= 15 is 0 Å². The molecule has 316 valence electrons. The van der Waals surface area contributed by atoms with Crippen molar-refractivity contribution in [3.63, 3.8) is 0 Å². The van der Waals surface area contributed by atoms with Crippen molar-refractivity contribution in [1.29, 1.82) is 0 Å². The van der Waals surface area contributed by atoms with Crippen LogP contribution in [-0.2, 0) is 47.9 Å². The number of halogens is 2. The molecule has 0 spiro atoms. The molecule has 0 fully saturated rings. The van der Waals surface area contributed by atoms with Crippen LogP contribution >= 0.6 is 24.8 Å². The molecule has 0 heterocycles. The molecule has 11 rings (SSSR count). The maximum atomic E-state index is 3.61. The quantitative estimate of drug-likeness (QED) is 0.152. The maximum Gasteiger partial charge on any atom is -0.172 e. The third kappa shape index (κ3) is 11.2. The van der Waals surface area contributed by atoms with Gasteiger partial charge in [-0.25, -0.2) is 12.1 Å². The van der Waals surface area contributed by atoms with Crippen LogP contribution in [0.2, 0.25) is 0 Å². The molecule has 0 atom stereocenters. The van der Waals surface area contributed by atoms with Crippen LogP contribution in [0.3, 0.4) is 0 Å². The van der Waals surface area contributed by atoms with Gasteiger partial charge >= 0.3 is 145 Å². The second kappa shape index (κ2) is 20.6. The molecule has 0 radical (unpaired) electrons. The van der Waals surface area contributed by atoms with Gasteiger partial charge < -0.3 is 0 Å². The van der Waals surface area contributed by atoms with Gasteiger partial charge in [0.05, 0.1) is 0 Å². The molecule has 63 heavy (non-hydrogen) atoms. The van der Waals surface area contributed by atoms with Gasteiger partial charge in [-0.05, 0) is 23.7 Å². The second-order valence-corrected chi connectivity index (χ2v) is 19.4. The summed E-state index contributed by atoms with van der Waals surface area (Å²) in [6.07, 6.45) is 2.07. The van der Waals surface area contributed by atoms with Gasteiger partial charge in [0.2, 0.25) is 0 Å². The Balaban J connectivity index is 0.000000148. The van der Waals surface area contributed by atoms with Crippen molar-refractivity contribution in [3.8, 4) is 22.3 Å². The zero-order valence-corrected chi connectivity index (χ0v) is 41.2. The molecule has 2 aliphatic carbocycles. The van der Waals surface area contributed by atoms with Gasteiger partial charge in [0.15, 0.2) is 0 Å². The molecule has 0 amide bonds. The molecule has 2 aliphatic rings. The van der Waals surface area contributed by atoms with Crippen LogP contribution in [0.1, 0.15) is 86.1 Å². The van der Waals surface area contributed by atoms with E-state index in [1.165, 1.54) is 116 Å². The van der Waals surface area contributed by atoms with E-state index in [0.29, 0.717) is 0 Å². The van der Waals surface area contributed by atoms with Crippen LogP contribution in [0.25, 0.3) is 43.8 Å². The Morgan fingerprint density at radius 3 is 1.19 bits per heavy atom. The van der Waals surface area contributed by atoms with Crippen LogP contribution in [-0.4, -0.2) is 3.21 Å². The minimum absolute atomic E-state index is 0. The molecule has 0 nitrogen and oxygen atoms in total. The molecule has 0 aliphatic heterocycles. The summed E-state index contributed by atoms with van der Waals surface area (Å²) >= 11 is 1.44. The van der Waals surface area contributed by atoms with Crippen molar-refractivity contribution >= 4 is 49.6 Å². The van der Waals surface area contributed by atoms with E-state index in [2.05, 4.69) is 211 Å². The van der Waals surface area contributed by atoms with Crippen molar-refractivity contribution in [1.82, 2.24) is 0 Å². The molecule has 0 saturated carbocycles. The molecule has 9 aromatic rings. The Bertz CT molecular complexity index is 2750. The van der Waals surface area contributed by atoms with Gasteiger partial charge in [0.25, 0.3) is 0 Å². The van der Waals surface area contributed by atoms with Crippen molar-refractivity contribution in [2.45, 2.75) is 65.2 Å². The summed E-state index contributed by atoms with van der Waals surface area (Å²) in [6.45, 7) is 13.5. The van der Waals surface area contributed by atoms with Crippen LogP contribution < -0.4 is 0 Å². The van der Waals surface area contributed by atoms with E-state index in [9.17, 15) is 0 Å². The predicted octanol–water partition coefficient (Wildman–Crippen LogP) is 16.1. The van der Waals surface area contributed by atoms with E-state index in [1.807, 2.05) is 30.3 Å². The first-order valence-corrected chi connectivity index (χ1v) is 22.7. The van der Waals surface area contributed by atoms with Gasteiger partial charge in [0, 0.05) is 0 Å². The normalized spacial score (nSPS) is 11.6. The summed E-state index contributed by atoms with van der Waals surface area (Å²) in [4.78, 5) is 0. The van der Waals surface area contributed by atoms with Gasteiger partial charge in [-0.1, -0.05) is 112 Å². The second-order valence-electron chi connectivity index (χ2n) is 18.2. The summed E-state index contributed by atoms with van der Waals surface area (Å²) < 4.78 is 1.41. The molecular weight excluding hydrogens is 883 g/mol. The third-order valence-electron chi connectivity index (χ3n) is 11.7. The van der Waals surface area contributed by atoms with Crippen molar-refractivity contribution < 1.29 is 24.2 Å². The summed E-state index contributed by atoms with van der Waals surface area (Å²) in [5, 5.41) is 5.21. The largest absolute Gasteiger partial charge is 0.214 e. The van der Waals surface area contributed by atoms with Gasteiger partial charge in [0.1, 0.15) is 0 Å². The molecule has 0 unspecified atom stereocenters. The summed E-state index contributed by atoms with van der Waals surface area (Å²) in [6, 6.07) is 74.1. The average molecular weight is 938 g/mol. The fraction of sp³-hybridized carbons (Fsp3) is 0.167. The van der Waals surface area contributed by atoms with Crippen molar-refractivity contribution in [2.24, 2.45) is 0 Å². The maximum absolute atomic E-state index is 3.61. The molecule has 3 heteroatoms. The monoisotopic (exact) mass is 935 g/mol. The fourth-order valence-corrected chi connectivity index (χ4v) is 8.93. The minimum atomic E-state index is 0. The Labute approximate surface area is 403 Å². The van der Waals surface area contributed by atoms with E-state index in [1.54, 1.807) is 0 Å². The van der Waals surface area contributed by atoms with Gasteiger partial charge in [-0.2, -0.15) is 65.7 Å². The Morgan fingerprint density at radius 2 is 0.810 bits per heavy atom. The number of hydrogen-bond acceptors (Lipinski definition) is 0. The first-order chi connectivity index (χ1) is 29.4. The fourth-order valence-electron chi connectivity index (χ4n) is 8.17. The van der Waals surface area contributed by atoms with Crippen LogP contribution in [0.15, 0.2) is 188 Å². The average Bonchev–Trinajstić information content (AvgIpc) is 4.06. The number of rotatable bonds is 2. The topological polar surface area (TPSA) is 0 Å². The number of benzene rings is 8. The SMILES string of the molecule is CC(C)(C)c1[c-]c2c(cc1)-c1ccccc1C2.CC(C)(C)c1[c-]c2c(cc1)-c1ccccc1C2.Cl.Cl.[Zr]=[C](c1ccc2ccccc2c1)c1ccc2ccccc2c1.c1cc[cH-]c1. The third-order valence-corrected chi connectivity index (χ3v) is 13.1. The van der Waals surface area contributed by atoms with E-state index in [-0.39, 0.29) is 35.6 Å². The standard InChI is InChI=1S/C21H14.2C17H17.C5H5.2ClH.Zr/c1-3-7-20-14-16(9-11-18(20)5-1)13-17-10-12-19-6-2-4-8-21(19)15-17;2*1-17(2,3)14-8-9-16-13(11-14)10-12-6-4-5-7-15(12)16;1-2-4-5-3-1;;;/h1-12,14-15H;2*4-9H,10H2,1-3H3;1-5H;2*1H;/q;3*-1;;;. The van der Waals surface area contributed by atoms with Crippen LogP contribution in [0.5, 0.6) is 0 Å². The van der Waals surface area contributed by atoms with Crippen LogP contribution in [0.4, 0.5) is 0 Å². The predicted molar refractivity (Wildman–Crippen MR) is 272 cm³/mol. The molecule has 0 bridgehead atoms. The number of fused-ring (bicyclic) bond motifs is 8. The Morgan fingerprint density at radius 1 is 0.429 bits per heavy atom. The smallest absolute Gasteiger partial charge is 0.172 e. The molecule has 0 N–H and O–H groups in total. The van der Waals surface area contributed by atoms with E-state index in [4.69, 9.17) is 0 Å². The summed E-state index contributed by atoms with van der Waals surface area (Å²) in [7, 11) is 0. The van der Waals surface area contributed by atoms with Gasteiger partial charge in [-0.3, -0.25) is 0 Å². The van der Waals surface area contributed by atoms with E-state index in [0.717, 1.165) is 12.8 Å². The zero-order valence-electron chi connectivity index (χ0n) is 37.1. The number of hydrogen-bond donors (Lipinski definition) is 0. The van der Waals surface area contributed by atoms with Crippen molar-refractivity contribution in [3.05, 3.63) is 245 Å². The minimum Gasteiger partial charge on any atom is -0.214 e. The van der Waals surface area contributed by atoms with E-state index < -0.39 is 0 Å². The first kappa shape index (κ1) is 47.4. The zero-order chi connectivity index (χ0) is 42.6. The first-order valence-electron chi connectivity index (χ1n) is 21.4. The van der Waals surface area contributed by atoms with Crippen molar-refractivity contribution in [2.75, 3.05) is 0 Å². The van der Waals surface area contributed by atoms with Gasteiger partial charge in [-0.15, -0.1) is 47.1 Å². The summed E-state index contributed by atoms with van der Waals surface area (Å²) in [5.74, 6) is 0. The Kier molecular flexibility index (Phi) is 15.5. The summed E-state index contributed by atoms with van der Waals surface area (Å²) in [5.41, 5.74) is 16.7. The molecular formula is C60H55Cl2Zr-3. The molecule has 0 aromatic heterocycles. The van der Waals surface area contributed by atoms with Crippen LogP contribution in [0, 0.1) is 12.1 Å². The Hall–Kier alpha value is -5.04. The molecule has 0 saturated heterocycles. The molecule has 9 aromatic carbocycles.